The summed E-state index contributed by atoms with van der Waals surface area (Å²) in [5.41, 5.74) is 24.2. The minimum Gasteiger partial charge on any atom is -0.376 e. The highest BCUT2D eigenvalue weighted by molar-refractivity contribution is 7.26. The number of aryl methyl sites for hydroxylation is 2. The molecule has 2 aliphatic heterocycles. The number of aromatic nitrogens is 1. The fourth-order valence-corrected chi connectivity index (χ4v) is 17.5. The van der Waals surface area contributed by atoms with Gasteiger partial charge in [-0.2, -0.15) is 0 Å². The van der Waals surface area contributed by atoms with Gasteiger partial charge in [0.2, 0.25) is 0 Å². The lowest BCUT2D eigenvalue weighted by Crippen LogP contribution is -2.60. The van der Waals surface area contributed by atoms with E-state index in [1.807, 2.05) is 22.7 Å². The lowest BCUT2D eigenvalue weighted by molar-refractivity contribution is 0.332. The molecule has 8 aromatic carbocycles. The van der Waals surface area contributed by atoms with Crippen molar-refractivity contribution in [1.82, 2.24) is 4.57 Å². The normalized spacial score (nSPS) is 17.4. The molecular weight excluding hydrogens is 968 g/mol. The van der Waals surface area contributed by atoms with E-state index < -0.39 is 0 Å². The van der Waals surface area contributed by atoms with Gasteiger partial charge in [-0.05, 0) is 213 Å². The van der Waals surface area contributed by atoms with Crippen LogP contribution in [0.3, 0.4) is 0 Å². The van der Waals surface area contributed by atoms with Crippen LogP contribution in [0.2, 0.25) is 0 Å². The predicted octanol–water partition coefficient (Wildman–Crippen LogP) is 19.8. The van der Waals surface area contributed by atoms with Crippen LogP contribution < -0.4 is 15.7 Å². The van der Waals surface area contributed by atoms with Crippen LogP contribution >= 0.6 is 22.7 Å². The Morgan fingerprint density at radius 1 is 0.468 bits per heavy atom. The number of benzene rings is 8. The van der Waals surface area contributed by atoms with Crippen LogP contribution in [0.5, 0.6) is 0 Å². The molecule has 2 aliphatic carbocycles. The zero-order valence-electron chi connectivity index (χ0n) is 47.0. The summed E-state index contributed by atoms with van der Waals surface area (Å²) in [4.78, 5) is 2.88. The molecule has 0 fully saturated rings. The van der Waals surface area contributed by atoms with Gasteiger partial charge in [-0.1, -0.05) is 131 Å². The van der Waals surface area contributed by atoms with Crippen LogP contribution in [0, 0.1) is 0 Å². The molecule has 384 valence electrons. The molecular formula is C72H71BN2S2. The molecule has 77 heavy (non-hydrogen) atoms. The van der Waals surface area contributed by atoms with Gasteiger partial charge in [-0.3, -0.25) is 0 Å². The highest BCUT2D eigenvalue weighted by Crippen LogP contribution is 2.57. The number of hydrogen-bond acceptors (Lipinski definition) is 3. The number of anilines is 2. The summed E-state index contributed by atoms with van der Waals surface area (Å²) in [5, 5.41) is 8.40. The van der Waals surface area contributed by atoms with E-state index in [1.54, 1.807) is 0 Å². The van der Waals surface area contributed by atoms with Crippen molar-refractivity contribution in [1.29, 1.82) is 0 Å². The molecule has 0 saturated carbocycles. The Hall–Kier alpha value is -6.14. The van der Waals surface area contributed by atoms with E-state index in [2.05, 4.69) is 206 Å². The Morgan fingerprint density at radius 2 is 1.06 bits per heavy atom. The molecule has 0 atom stereocenters. The van der Waals surface area contributed by atoms with E-state index in [4.69, 9.17) is 0 Å². The van der Waals surface area contributed by atoms with Crippen molar-refractivity contribution in [3.05, 3.63) is 161 Å². The first-order valence-corrected chi connectivity index (χ1v) is 30.9. The molecule has 15 rings (SSSR count). The Labute approximate surface area is 464 Å². The molecule has 0 amide bonds. The van der Waals surface area contributed by atoms with Crippen molar-refractivity contribution in [2.75, 3.05) is 4.81 Å². The van der Waals surface area contributed by atoms with E-state index in [9.17, 15) is 0 Å². The quantitative estimate of drug-likeness (QED) is 0.138. The van der Waals surface area contributed by atoms with Gasteiger partial charge in [0.1, 0.15) is 0 Å². The van der Waals surface area contributed by atoms with E-state index >= 15 is 0 Å². The van der Waals surface area contributed by atoms with Gasteiger partial charge in [0.25, 0.3) is 0 Å². The van der Waals surface area contributed by atoms with E-state index in [0.717, 1.165) is 12.8 Å². The van der Waals surface area contributed by atoms with Gasteiger partial charge in [0.05, 0.1) is 11.0 Å². The lowest BCUT2D eigenvalue weighted by atomic mass is 9.43. The SMILES string of the molecule is CCCCc1ccc2c(c1)c1cc(CCCC)cc3c1n2-c1cc(-c2ccccc2)cc2c1B3N(c1cccc3sc4cc5c(cc4c13)C(C)(C)CCC5(C)C)c1ccc3sc4cc5c(cc4c3c1-2)C(C)(C)CCC5(C)C. The summed E-state index contributed by atoms with van der Waals surface area (Å²) in [6.45, 7) is 24.5. The van der Waals surface area contributed by atoms with Crippen molar-refractivity contribution >= 4 is 114 Å². The maximum atomic E-state index is 2.88. The van der Waals surface area contributed by atoms with Gasteiger partial charge in [0.15, 0.2) is 0 Å². The standard InChI is InChI=1S/C72H71BN2S2/c1-11-13-19-42-25-26-56-46(33-42)47-34-43(20-14-12-2)35-55-68(47)74(56)59-37-45(44-21-16-15-17-22-44)36-50-65-58(27-28-61-66(65)49-39-52-54(41-63(49)77-61)72(9,10)32-30-70(52,5)6)75(73(55)67(50)59)57-23-18-24-60-64(57)48-38-51-53(40-62(48)76-60)71(7,8)31-29-69(51,3)4/h15-18,21-28,33-41H,11-14,19-20,29-32H2,1-10H3. The second kappa shape index (κ2) is 16.7. The molecule has 5 heterocycles. The largest absolute Gasteiger partial charge is 0.376 e. The van der Waals surface area contributed by atoms with Crippen molar-refractivity contribution in [3.63, 3.8) is 0 Å². The number of nitrogens with zero attached hydrogens (tertiary/aromatic N) is 2. The average molecular weight is 1040 g/mol. The zero-order valence-corrected chi connectivity index (χ0v) is 48.6. The molecule has 0 spiro atoms. The van der Waals surface area contributed by atoms with Crippen LogP contribution in [0.25, 0.3) is 90.1 Å². The monoisotopic (exact) mass is 1040 g/mol. The number of fused-ring (bicyclic) bond motifs is 16. The average Bonchev–Trinajstić information content (AvgIpc) is 4.08. The Bertz CT molecular complexity index is 4330. The first-order valence-electron chi connectivity index (χ1n) is 29.2. The minimum absolute atomic E-state index is 0.0823. The minimum atomic E-state index is -0.0823. The molecule has 5 heteroatoms. The van der Waals surface area contributed by atoms with Gasteiger partial charge >= 0.3 is 6.85 Å². The molecule has 2 nitrogen and oxygen atoms in total. The van der Waals surface area contributed by atoms with E-state index in [1.165, 1.54) is 197 Å². The maximum Gasteiger partial charge on any atom is 0.333 e. The van der Waals surface area contributed by atoms with Crippen molar-refractivity contribution in [3.8, 4) is 27.9 Å². The number of rotatable bonds is 8. The zero-order chi connectivity index (χ0) is 52.7. The first-order chi connectivity index (χ1) is 37.0. The fourth-order valence-electron chi connectivity index (χ4n) is 15.2. The summed E-state index contributed by atoms with van der Waals surface area (Å²) >= 11 is 4.00. The number of unbranched alkanes of at least 4 members (excludes halogenated alkanes) is 2. The highest BCUT2D eigenvalue weighted by atomic mass is 32.1. The first kappa shape index (κ1) is 48.0. The third kappa shape index (κ3) is 6.91. The molecule has 0 N–H and O–H groups in total. The molecule has 0 bridgehead atoms. The second-order valence-electron chi connectivity index (χ2n) is 26.6. The Balaban J connectivity index is 1.12. The smallest absolute Gasteiger partial charge is 0.333 e. The second-order valence-corrected chi connectivity index (χ2v) is 28.7. The summed E-state index contributed by atoms with van der Waals surface area (Å²) < 4.78 is 8.28. The van der Waals surface area contributed by atoms with Crippen molar-refractivity contribution in [2.24, 2.45) is 0 Å². The van der Waals surface area contributed by atoms with Crippen LogP contribution in [0.4, 0.5) is 11.4 Å². The van der Waals surface area contributed by atoms with Gasteiger partial charge in [-0.25, -0.2) is 0 Å². The molecule has 0 unspecified atom stereocenters. The fraction of sp³-hybridized carbons (Fsp3) is 0.333. The maximum absolute atomic E-state index is 2.88. The summed E-state index contributed by atoms with van der Waals surface area (Å²) in [5.74, 6) is 0. The van der Waals surface area contributed by atoms with E-state index in [0.29, 0.717) is 0 Å². The van der Waals surface area contributed by atoms with Gasteiger partial charge < -0.3 is 9.38 Å². The Kier molecular flexibility index (Phi) is 10.4. The lowest BCUT2D eigenvalue weighted by Gasteiger charge is -2.43. The predicted molar refractivity (Wildman–Crippen MR) is 339 cm³/mol. The van der Waals surface area contributed by atoms with Crippen LogP contribution in [0.1, 0.15) is 154 Å². The van der Waals surface area contributed by atoms with E-state index in [-0.39, 0.29) is 28.5 Å². The highest BCUT2D eigenvalue weighted by Gasteiger charge is 2.47. The van der Waals surface area contributed by atoms with Crippen LogP contribution in [-0.4, -0.2) is 11.4 Å². The summed E-state index contributed by atoms with van der Waals surface area (Å²) in [6, 6.07) is 52.0. The van der Waals surface area contributed by atoms with Crippen molar-refractivity contribution in [2.45, 2.75) is 155 Å². The van der Waals surface area contributed by atoms with Crippen molar-refractivity contribution < 1.29 is 0 Å². The van der Waals surface area contributed by atoms with Crippen LogP contribution in [0.15, 0.2) is 127 Å². The van der Waals surface area contributed by atoms with Gasteiger partial charge in [-0.15, -0.1) is 22.7 Å². The van der Waals surface area contributed by atoms with Crippen LogP contribution in [-0.2, 0) is 34.5 Å². The molecule has 0 saturated heterocycles. The summed E-state index contributed by atoms with van der Waals surface area (Å²) in [6.07, 6.45) is 11.7. The third-order valence-corrected chi connectivity index (χ3v) is 22.0. The molecule has 3 aromatic heterocycles. The number of thiophene rings is 2. The molecule has 11 aromatic rings. The number of hydrogen-bond donors (Lipinski definition) is 0. The molecule has 4 aliphatic rings. The Morgan fingerprint density at radius 3 is 1.71 bits per heavy atom. The summed E-state index contributed by atoms with van der Waals surface area (Å²) in [7, 11) is 0. The van der Waals surface area contributed by atoms with Gasteiger partial charge in [0, 0.05) is 73.7 Å². The third-order valence-electron chi connectivity index (χ3n) is 19.8. The molecule has 0 radical (unpaired) electrons. The topological polar surface area (TPSA) is 8.17 Å².